The Labute approximate surface area is 457 Å². The lowest BCUT2D eigenvalue weighted by molar-refractivity contribution is -0.385. The highest BCUT2D eigenvalue weighted by atomic mass is 33.1. The van der Waals surface area contributed by atoms with Crippen LogP contribution in [0.5, 0.6) is 23.0 Å². The van der Waals surface area contributed by atoms with E-state index in [-0.39, 0.29) is 82.1 Å². The molecule has 5 rings (SSSR count). The van der Waals surface area contributed by atoms with Gasteiger partial charge in [0.1, 0.15) is 23.4 Å². The summed E-state index contributed by atoms with van der Waals surface area (Å²) in [6.07, 6.45) is 4.92. The zero-order valence-corrected chi connectivity index (χ0v) is 49.0. The molecular weight excluding hydrogens is 1030 g/mol. The lowest BCUT2D eigenvalue weighted by Gasteiger charge is -2.37. The van der Waals surface area contributed by atoms with Crippen molar-refractivity contribution in [2.75, 3.05) is 51.3 Å². The van der Waals surface area contributed by atoms with Gasteiger partial charge in [0.05, 0.1) is 43.7 Å². The Bertz CT molecular complexity index is 2580. The van der Waals surface area contributed by atoms with Crippen LogP contribution < -0.4 is 29.6 Å². The lowest BCUT2D eigenvalue weighted by atomic mass is 9.86. The molecule has 2 aliphatic rings. The number of aromatic nitrogens is 1. The Balaban J connectivity index is 1.28. The molecule has 17 nitrogen and oxygen atoms in total. The van der Waals surface area contributed by atoms with Gasteiger partial charge < -0.3 is 32.8 Å². The molecule has 20 heteroatoms. The molecule has 0 radical (unpaired) electrons. The number of methoxy groups -OCH3 is 2. The summed E-state index contributed by atoms with van der Waals surface area (Å²) in [5.41, 5.74) is 2.14. The van der Waals surface area contributed by atoms with Gasteiger partial charge in [-0.2, -0.15) is 0 Å². The summed E-state index contributed by atoms with van der Waals surface area (Å²) in [4.78, 5) is 70.1. The topological polar surface area (TPSA) is 213 Å². The minimum absolute atomic E-state index is 0.0108. The number of rotatable bonds is 26. The van der Waals surface area contributed by atoms with E-state index in [1.165, 1.54) is 48.1 Å². The largest absolute Gasteiger partial charge is 0.493 e. The van der Waals surface area contributed by atoms with Gasteiger partial charge in [0.25, 0.3) is 5.69 Å². The maximum absolute atomic E-state index is 14.7. The molecule has 416 valence electrons. The Kier molecular flexibility index (Phi) is 21.9. The number of ether oxygens (including phenoxy) is 6. The van der Waals surface area contributed by atoms with E-state index in [9.17, 15) is 29.3 Å². The van der Waals surface area contributed by atoms with Crippen LogP contribution in [0.2, 0.25) is 18.1 Å². The van der Waals surface area contributed by atoms with Crippen molar-refractivity contribution >= 4 is 70.7 Å². The Morgan fingerprint density at radius 1 is 0.789 bits per heavy atom. The number of amides is 2. The number of hydrogen-bond acceptors (Lipinski definition) is 16. The van der Waals surface area contributed by atoms with Crippen LogP contribution in [0, 0.1) is 33.8 Å². The first-order valence-electron chi connectivity index (χ1n) is 25.9. The normalized spacial score (nSPS) is 18.2. The van der Waals surface area contributed by atoms with Gasteiger partial charge in [0, 0.05) is 53.0 Å². The number of nitro groups is 1. The second-order valence-electron chi connectivity index (χ2n) is 22.1. The van der Waals surface area contributed by atoms with Crippen LogP contribution in [0.1, 0.15) is 127 Å². The van der Waals surface area contributed by atoms with E-state index in [2.05, 4.69) is 69.6 Å². The molecule has 2 amide bonds. The van der Waals surface area contributed by atoms with E-state index in [0.717, 1.165) is 24.0 Å². The molecule has 1 heterocycles. The van der Waals surface area contributed by atoms with Crippen molar-refractivity contribution in [3.05, 3.63) is 88.1 Å². The summed E-state index contributed by atoms with van der Waals surface area (Å²) in [5, 5.41) is 17.0. The summed E-state index contributed by atoms with van der Waals surface area (Å²) in [5.74, 6) is 0.351. The number of carbonyl (C=O) groups excluding carboxylic acids is 4. The number of ketones is 2. The van der Waals surface area contributed by atoms with Gasteiger partial charge in [-0.15, -0.1) is 0 Å². The van der Waals surface area contributed by atoms with Crippen molar-refractivity contribution in [2.45, 2.75) is 141 Å². The van der Waals surface area contributed by atoms with Gasteiger partial charge in [-0.1, -0.05) is 69.2 Å². The molecule has 1 aromatic heterocycles. The quantitative estimate of drug-likeness (QED) is 0.0145. The van der Waals surface area contributed by atoms with Gasteiger partial charge >= 0.3 is 12.2 Å². The maximum atomic E-state index is 14.7. The predicted octanol–water partition coefficient (Wildman–Crippen LogP) is 14.3. The Hall–Kier alpha value is -5.57. The van der Waals surface area contributed by atoms with Gasteiger partial charge in [0.15, 0.2) is 42.9 Å². The SMILES string of the molecule is C=C1CC(C(=O)c2cc(OC)c(OCCCCCOc3cc(NC(=O)OC(C)(C)C)c(C(=O)C4CC(=C)C[C@H]4CC)cc3OC)cc2NC(=O)OC[C@@H](C)SSc2ccc([N+](=O)[O-])cn2)[C@H](CO[Si](C)(C)C(C)(C)C)C1. The summed E-state index contributed by atoms with van der Waals surface area (Å²) in [6, 6.07) is 9.36. The van der Waals surface area contributed by atoms with E-state index < -0.39 is 36.9 Å². The zero-order valence-electron chi connectivity index (χ0n) is 46.3. The number of anilines is 2. The molecule has 2 saturated carbocycles. The van der Waals surface area contributed by atoms with Crippen molar-refractivity contribution in [3.8, 4) is 23.0 Å². The molecule has 2 aromatic carbocycles. The van der Waals surface area contributed by atoms with Gasteiger partial charge in [0.2, 0.25) is 0 Å². The number of pyridine rings is 1. The predicted molar refractivity (Wildman–Crippen MR) is 302 cm³/mol. The van der Waals surface area contributed by atoms with E-state index >= 15 is 0 Å². The molecule has 2 unspecified atom stereocenters. The molecule has 0 aliphatic heterocycles. The fourth-order valence-corrected chi connectivity index (χ4v) is 11.7. The van der Waals surface area contributed by atoms with Crippen molar-refractivity contribution in [1.29, 1.82) is 0 Å². The van der Waals surface area contributed by atoms with Crippen LogP contribution in [0.25, 0.3) is 0 Å². The first-order valence-corrected chi connectivity index (χ1v) is 31.0. The molecule has 76 heavy (non-hydrogen) atoms. The van der Waals surface area contributed by atoms with Crippen LogP contribution in [0.15, 0.2) is 71.9 Å². The average Bonchev–Trinajstić information content (AvgIpc) is 3.93. The van der Waals surface area contributed by atoms with Crippen LogP contribution in [0.3, 0.4) is 0 Å². The molecule has 2 N–H and O–H groups in total. The molecule has 3 aromatic rings. The minimum Gasteiger partial charge on any atom is -0.493 e. The number of Topliss-reactive ketones (excluding diaryl/α,β-unsaturated/α-hetero) is 2. The Morgan fingerprint density at radius 3 is 1.79 bits per heavy atom. The summed E-state index contributed by atoms with van der Waals surface area (Å²) in [6.45, 7) is 29.5. The third-order valence-corrected chi connectivity index (χ3v) is 21.2. The Morgan fingerprint density at radius 2 is 1.32 bits per heavy atom. The highest BCUT2D eigenvalue weighted by Gasteiger charge is 2.42. The molecule has 0 spiro atoms. The summed E-state index contributed by atoms with van der Waals surface area (Å²) < 4.78 is 41.8. The zero-order chi connectivity index (χ0) is 56.1. The molecular formula is C56H78N4O13S2Si. The fourth-order valence-electron chi connectivity index (χ4n) is 8.76. The molecule has 5 atom stereocenters. The number of carbonyl (C=O) groups is 4. The highest BCUT2D eigenvalue weighted by Crippen LogP contribution is 2.45. The monoisotopic (exact) mass is 1110 g/mol. The van der Waals surface area contributed by atoms with Crippen LogP contribution in [-0.4, -0.2) is 93.5 Å². The molecule has 0 bridgehead atoms. The second-order valence-corrected chi connectivity index (χ2v) is 29.5. The number of nitrogens with zero attached hydrogens (tertiary/aromatic N) is 2. The summed E-state index contributed by atoms with van der Waals surface area (Å²) >= 11 is 0. The van der Waals surface area contributed by atoms with Gasteiger partial charge in [-0.05, 0) is 132 Å². The van der Waals surface area contributed by atoms with E-state index in [0.29, 0.717) is 78.7 Å². The van der Waals surface area contributed by atoms with Crippen LogP contribution in [-0.2, 0) is 13.9 Å². The highest BCUT2D eigenvalue weighted by molar-refractivity contribution is 8.76. The average molecular weight is 1110 g/mol. The van der Waals surface area contributed by atoms with Gasteiger partial charge in [-0.3, -0.25) is 30.3 Å². The number of unbranched alkanes of at least 4 members (excludes halogenated alkanes) is 2. The van der Waals surface area contributed by atoms with Crippen molar-refractivity contribution < 1.29 is 56.9 Å². The second kappa shape index (κ2) is 27.1. The van der Waals surface area contributed by atoms with E-state index in [4.69, 9.17) is 32.8 Å². The standard InChI is InChI=1S/C56H78N4O13S2Si/c1-15-37-23-34(2)25-40(37)51(61)43-28-47(68-12)49(30-45(43)59-54(64)73-55(5,6)7)70-22-18-16-17-21-69-48-29-44(58-53(63)71-32-36(4)74-75-50-20-19-39(31-57-50)60(65)66)42(27-46(48)67-11)52(62)41-26-35(3)24-38(41)33-72-76(13,14)56(8,9)10/h19-20,27-31,36-38,40-41H,2-3,15-18,21-26,32-33H2,1,4-14H3,(H,58,63)(H,59,64)/t36-,37-,38+,40?,41?/m1/s1. The van der Waals surface area contributed by atoms with Crippen molar-refractivity contribution in [3.63, 3.8) is 0 Å². The van der Waals surface area contributed by atoms with Crippen LogP contribution in [0.4, 0.5) is 26.7 Å². The van der Waals surface area contributed by atoms with Gasteiger partial charge in [-0.25, -0.2) is 14.6 Å². The van der Waals surface area contributed by atoms with E-state index in [1.807, 2.05) is 6.92 Å². The molecule has 0 saturated heterocycles. The number of nitrogens with one attached hydrogen (secondary N) is 2. The smallest absolute Gasteiger partial charge is 0.412 e. The van der Waals surface area contributed by atoms with Crippen LogP contribution >= 0.6 is 21.6 Å². The summed E-state index contributed by atoms with van der Waals surface area (Å²) in [7, 11) is 3.54. The third kappa shape index (κ3) is 17.2. The number of benzene rings is 2. The first-order chi connectivity index (χ1) is 35.7. The van der Waals surface area contributed by atoms with Crippen molar-refractivity contribution in [2.24, 2.45) is 23.7 Å². The third-order valence-electron chi connectivity index (χ3n) is 13.9. The minimum atomic E-state index is -2.14. The van der Waals surface area contributed by atoms with Crippen molar-refractivity contribution in [1.82, 2.24) is 4.98 Å². The van der Waals surface area contributed by atoms with E-state index in [1.54, 1.807) is 51.1 Å². The first kappa shape index (κ1) is 61.3. The number of hydrogen-bond donors (Lipinski definition) is 2. The number of allylic oxidation sites excluding steroid dienone is 2. The lowest BCUT2D eigenvalue weighted by Crippen LogP contribution is -2.42. The molecule has 2 fully saturated rings. The fraction of sp³-hybridized carbons (Fsp3) is 0.554. The maximum Gasteiger partial charge on any atom is 0.412 e. The molecule has 2 aliphatic carbocycles.